The van der Waals surface area contributed by atoms with Gasteiger partial charge in [-0.15, -0.1) is 0 Å². The summed E-state index contributed by atoms with van der Waals surface area (Å²) >= 11 is 0. The minimum absolute atomic E-state index is 0.0883. The second-order valence-corrected chi connectivity index (χ2v) is 8.65. The summed E-state index contributed by atoms with van der Waals surface area (Å²) in [6, 6.07) is 4.25. The third-order valence-corrected chi connectivity index (χ3v) is 6.17. The third kappa shape index (κ3) is 3.98. The summed E-state index contributed by atoms with van der Waals surface area (Å²) in [4.78, 5) is 17.6. The van der Waals surface area contributed by atoms with Crippen molar-refractivity contribution in [3.8, 4) is 17.1 Å². The molecule has 170 valence electrons. The summed E-state index contributed by atoms with van der Waals surface area (Å²) in [7, 11) is 0. The Kier molecular flexibility index (Phi) is 5.84. The molecule has 0 spiro atoms. The number of rotatable bonds is 6. The molecule has 2 aliphatic heterocycles. The standard InChI is InChI=1S/C23H29N5O4/c1-15(2)28-12-16(11-19(28)20-13-27(14-29)7-10-31-20)22-21-18(25-26-22)3-6-24-23(21)32-17-4-8-30-9-5-17/h3,6,11-12,14-15,17,20H,4-5,7-10,13H2,1-2H3,(H,25,26). The minimum atomic E-state index is -0.175. The van der Waals surface area contributed by atoms with E-state index in [1.165, 1.54) is 0 Å². The second kappa shape index (κ2) is 8.91. The number of aromatic amines is 1. The van der Waals surface area contributed by atoms with Crippen molar-refractivity contribution in [2.24, 2.45) is 0 Å². The fourth-order valence-corrected chi connectivity index (χ4v) is 4.46. The highest BCUT2D eigenvalue weighted by atomic mass is 16.5. The van der Waals surface area contributed by atoms with E-state index in [4.69, 9.17) is 14.2 Å². The number of carbonyl (C=O) groups excluding carboxylic acids is 1. The fourth-order valence-electron chi connectivity index (χ4n) is 4.46. The Balaban J connectivity index is 1.53. The van der Waals surface area contributed by atoms with Crippen molar-refractivity contribution in [2.45, 2.75) is 44.9 Å². The number of nitrogens with one attached hydrogen (secondary N) is 1. The molecular weight excluding hydrogens is 410 g/mol. The smallest absolute Gasteiger partial charge is 0.225 e. The van der Waals surface area contributed by atoms with Crippen LogP contribution in [0.1, 0.15) is 44.5 Å². The van der Waals surface area contributed by atoms with Gasteiger partial charge in [-0.3, -0.25) is 9.89 Å². The third-order valence-electron chi connectivity index (χ3n) is 6.17. The first-order valence-electron chi connectivity index (χ1n) is 11.2. The van der Waals surface area contributed by atoms with Crippen LogP contribution in [0.25, 0.3) is 22.2 Å². The molecule has 1 N–H and O–H groups in total. The van der Waals surface area contributed by atoms with Crippen LogP contribution >= 0.6 is 0 Å². The first-order chi connectivity index (χ1) is 15.6. The Morgan fingerprint density at radius 1 is 1.28 bits per heavy atom. The Hall–Kier alpha value is -2.91. The molecule has 2 saturated heterocycles. The van der Waals surface area contributed by atoms with Gasteiger partial charge in [0.2, 0.25) is 12.3 Å². The van der Waals surface area contributed by atoms with Crippen molar-refractivity contribution in [3.05, 3.63) is 30.2 Å². The minimum Gasteiger partial charge on any atom is -0.474 e. The quantitative estimate of drug-likeness (QED) is 0.593. The van der Waals surface area contributed by atoms with Crippen molar-refractivity contribution < 1.29 is 19.0 Å². The number of hydrogen-bond donors (Lipinski definition) is 1. The van der Waals surface area contributed by atoms with Gasteiger partial charge in [-0.05, 0) is 26.0 Å². The molecule has 0 radical (unpaired) electrons. The highest BCUT2D eigenvalue weighted by Crippen LogP contribution is 2.36. The highest BCUT2D eigenvalue weighted by Gasteiger charge is 2.27. The van der Waals surface area contributed by atoms with Crippen molar-refractivity contribution >= 4 is 17.3 Å². The van der Waals surface area contributed by atoms with Crippen LogP contribution < -0.4 is 4.74 Å². The van der Waals surface area contributed by atoms with Crippen molar-refractivity contribution in [2.75, 3.05) is 32.9 Å². The summed E-state index contributed by atoms with van der Waals surface area (Å²) in [6.07, 6.45) is 6.36. The SMILES string of the molecule is CC(C)n1cc(-c2n[nH]c3ccnc(OC4CCOCC4)c23)cc1C1CN(C=O)CCO1. The summed E-state index contributed by atoms with van der Waals surface area (Å²) in [5, 5.41) is 8.63. The van der Waals surface area contributed by atoms with Crippen LogP contribution in [0.3, 0.4) is 0 Å². The Labute approximate surface area is 186 Å². The van der Waals surface area contributed by atoms with Gasteiger partial charge in [-0.1, -0.05) is 0 Å². The molecule has 9 nitrogen and oxygen atoms in total. The first-order valence-corrected chi connectivity index (χ1v) is 11.2. The number of ether oxygens (including phenoxy) is 3. The van der Waals surface area contributed by atoms with Gasteiger partial charge in [0, 0.05) is 49.1 Å². The lowest BCUT2D eigenvalue weighted by Crippen LogP contribution is -2.38. The second-order valence-electron chi connectivity index (χ2n) is 8.65. The molecule has 0 aromatic carbocycles. The zero-order valence-electron chi connectivity index (χ0n) is 18.5. The molecule has 9 heteroatoms. The van der Waals surface area contributed by atoms with Gasteiger partial charge < -0.3 is 23.7 Å². The molecule has 2 aliphatic rings. The van der Waals surface area contributed by atoms with Crippen LogP contribution in [0.15, 0.2) is 24.5 Å². The van der Waals surface area contributed by atoms with Gasteiger partial charge in [0.15, 0.2) is 0 Å². The van der Waals surface area contributed by atoms with E-state index < -0.39 is 0 Å². The van der Waals surface area contributed by atoms with E-state index in [2.05, 4.69) is 45.9 Å². The molecule has 5 heterocycles. The summed E-state index contributed by atoms with van der Waals surface area (Å²) in [6.45, 7) is 7.38. The maximum Gasteiger partial charge on any atom is 0.225 e. The van der Waals surface area contributed by atoms with E-state index in [0.717, 1.165) is 47.1 Å². The predicted molar refractivity (Wildman–Crippen MR) is 118 cm³/mol. The number of hydrogen-bond acceptors (Lipinski definition) is 6. The maximum absolute atomic E-state index is 11.3. The average molecular weight is 440 g/mol. The summed E-state index contributed by atoms with van der Waals surface area (Å²) in [5.41, 5.74) is 3.70. The fraction of sp³-hybridized carbons (Fsp3) is 0.522. The topological polar surface area (TPSA) is 94.5 Å². The molecule has 32 heavy (non-hydrogen) atoms. The van der Waals surface area contributed by atoms with Crippen molar-refractivity contribution in [1.82, 2.24) is 24.6 Å². The van der Waals surface area contributed by atoms with E-state index in [-0.39, 0.29) is 18.2 Å². The van der Waals surface area contributed by atoms with E-state index >= 15 is 0 Å². The van der Waals surface area contributed by atoms with Crippen LogP contribution in [0.5, 0.6) is 5.88 Å². The lowest BCUT2D eigenvalue weighted by atomic mass is 10.1. The van der Waals surface area contributed by atoms with Crippen LogP contribution in [-0.2, 0) is 14.3 Å². The van der Waals surface area contributed by atoms with Crippen LogP contribution in [-0.4, -0.2) is 70.1 Å². The van der Waals surface area contributed by atoms with E-state index in [1.807, 2.05) is 6.07 Å². The molecule has 3 aromatic rings. The Morgan fingerprint density at radius 3 is 2.91 bits per heavy atom. The van der Waals surface area contributed by atoms with Crippen LogP contribution in [0.4, 0.5) is 0 Å². The predicted octanol–water partition coefficient (Wildman–Crippen LogP) is 3.09. The maximum atomic E-state index is 11.3. The van der Waals surface area contributed by atoms with Gasteiger partial charge in [0.05, 0.1) is 37.3 Å². The number of amides is 1. The molecule has 0 bridgehead atoms. The average Bonchev–Trinajstić information content (AvgIpc) is 3.45. The van der Waals surface area contributed by atoms with Gasteiger partial charge in [0.1, 0.15) is 17.9 Å². The van der Waals surface area contributed by atoms with E-state index in [1.54, 1.807) is 11.1 Å². The van der Waals surface area contributed by atoms with Gasteiger partial charge in [-0.25, -0.2) is 4.98 Å². The molecule has 1 amide bonds. The summed E-state index contributed by atoms with van der Waals surface area (Å²) in [5.74, 6) is 0.595. The number of nitrogens with zero attached hydrogens (tertiary/aromatic N) is 4. The summed E-state index contributed by atoms with van der Waals surface area (Å²) < 4.78 is 20.0. The van der Waals surface area contributed by atoms with Crippen molar-refractivity contribution in [3.63, 3.8) is 0 Å². The van der Waals surface area contributed by atoms with Crippen LogP contribution in [0, 0.1) is 0 Å². The molecule has 0 aliphatic carbocycles. The van der Waals surface area contributed by atoms with E-state index in [0.29, 0.717) is 38.8 Å². The molecule has 1 unspecified atom stereocenters. The van der Waals surface area contributed by atoms with Crippen LogP contribution in [0.2, 0.25) is 0 Å². The number of fused-ring (bicyclic) bond motifs is 1. The monoisotopic (exact) mass is 439 g/mol. The van der Waals surface area contributed by atoms with E-state index in [9.17, 15) is 4.79 Å². The van der Waals surface area contributed by atoms with Crippen molar-refractivity contribution in [1.29, 1.82) is 0 Å². The Morgan fingerprint density at radius 2 is 2.12 bits per heavy atom. The normalized spacial score (nSPS) is 20.2. The highest BCUT2D eigenvalue weighted by molar-refractivity contribution is 5.96. The Bertz CT molecular complexity index is 1090. The lowest BCUT2D eigenvalue weighted by Gasteiger charge is -2.31. The number of morpholine rings is 1. The lowest BCUT2D eigenvalue weighted by molar-refractivity contribution is -0.125. The number of carbonyl (C=O) groups is 1. The molecule has 1 atom stereocenters. The zero-order valence-corrected chi connectivity index (χ0v) is 18.5. The number of H-pyrrole nitrogens is 1. The van der Waals surface area contributed by atoms with Gasteiger partial charge in [-0.2, -0.15) is 5.10 Å². The molecule has 5 rings (SSSR count). The molecule has 3 aromatic heterocycles. The molecule has 2 fully saturated rings. The molecular formula is C23H29N5O4. The largest absolute Gasteiger partial charge is 0.474 e. The number of pyridine rings is 1. The number of aromatic nitrogens is 4. The molecule has 0 saturated carbocycles. The van der Waals surface area contributed by atoms with Gasteiger partial charge >= 0.3 is 0 Å². The zero-order chi connectivity index (χ0) is 22.1. The van der Waals surface area contributed by atoms with Gasteiger partial charge in [0.25, 0.3) is 0 Å². The first kappa shape index (κ1) is 21.0.